The van der Waals surface area contributed by atoms with Crippen LogP contribution in [-0.2, 0) is 0 Å². The quantitative estimate of drug-likeness (QED) is 0.325. The molecule has 164 valence electrons. The average Bonchev–Trinajstić information content (AvgIpc) is 3.29. The van der Waals surface area contributed by atoms with Gasteiger partial charge in [-0.05, 0) is 53.4 Å². The number of furan rings is 1. The predicted molar refractivity (Wildman–Crippen MR) is 129 cm³/mol. The van der Waals surface area contributed by atoms with Gasteiger partial charge in [0.1, 0.15) is 16.9 Å². The van der Waals surface area contributed by atoms with Crippen molar-refractivity contribution in [3.63, 3.8) is 0 Å². The molecule has 0 amide bonds. The summed E-state index contributed by atoms with van der Waals surface area (Å²) in [7, 11) is 0. The normalized spacial score (nSPS) is 14.1. The summed E-state index contributed by atoms with van der Waals surface area (Å²) in [6.45, 7) is 3.96. The van der Waals surface area contributed by atoms with Gasteiger partial charge in [-0.3, -0.25) is 0 Å². The van der Waals surface area contributed by atoms with Gasteiger partial charge in [-0.2, -0.15) is 0 Å². The highest BCUT2D eigenvalue weighted by Crippen LogP contribution is 2.29. The number of anilines is 3. The Labute approximate surface area is 190 Å². The molecule has 1 saturated heterocycles. The number of piperazine rings is 1. The highest BCUT2D eigenvalue weighted by Gasteiger charge is 2.15. The largest absolute Gasteiger partial charge is 0.594 e. The van der Waals surface area contributed by atoms with E-state index < -0.39 is 0 Å². The Balaban J connectivity index is 1.29. The fourth-order valence-electron chi connectivity index (χ4n) is 4.19. The van der Waals surface area contributed by atoms with Crippen LogP contribution in [0.1, 0.15) is 0 Å². The van der Waals surface area contributed by atoms with Gasteiger partial charge >= 0.3 is 0 Å². The molecule has 0 aliphatic carbocycles. The van der Waals surface area contributed by atoms with E-state index in [-0.39, 0.29) is 5.95 Å². The third kappa shape index (κ3) is 3.81. The Kier molecular flexibility index (Phi) is 4.77. The average molecular weight is 438 g/mol. The Morgan fingerprint density at radius 2 is 1.79 bits per heavy atom. The van der Waals surface area contributed by atoms with Crippen molar-refractivity contribution < 1.29 is 9.26 Å². The zero-order chi connectivity index (χ0) is 22.2. The van der Waals surface area contributed by atoms with Gasteiger partial charge in [0, 0.05) is 54.6 Å². The Morgan fingerprint density at radius 3 is 2.61 bits per heavy atom. The fourth-order valence-corrected chi connectivity index (χ4v) is 4.19. The molecule has 0 saturated carbocycles. The lowest BCUT2D eigenvalue weighted by atomic mass is 10.1. The zero-order valence-electron chi connectivity index (χ0n) is 17.9. The van der Waals surface area contributed by atoms with E-state index in [0.717, 1.165) is 54.2 Å². The molecule has 0 bridgehead atoms. The van der Waals surface area contributed by atoms with E-state index in [1.54, 1.807) is 6.07 Å². The monoisotopic (exact) mass is 438 g/mol. The Hall–Kier alpha value is -4.17. The van der Waals surface area contributed by atoms with Crippen LogP contribution in [0.5, 0.6) is 0 Å². The van der Waals surface area contributed by atoms with Crippen LogP contribution in [0.25, 0.3) is 33.3 Å². The minimum atomic E-state index is 0.245. The molecule has 5 aromatic rings. The van der Waals surface area contributed by atoms with E-state index in [9.17, 15) is 5.21 Å². The molecule has 3 aromatic carbocycles. The Bertz CT molecular complexity index is 1410. The first-order chi connectivity index (χ1) is 16.2. The second-order valence-electron chi connectivity index (χ2n) is 8.07. The number of benzene rings is 3. The number of fused-ring (bicyclic) bond motifs is 2. The van der Waals surface area contributed by atoms with E-state index in [0.29, 0.717) is 15.9 Å². The van der Waals surface area contributed by atoms with Crippen molar-refractivity contribution in [1.82, 2.24) is 15.4 Å². The molecule has 6 rings (SSSR count). The van der Waals surface area contributed by atoms with Crippen molar-refractivity contribution in [2.45, 2.75) is 0 Å². The SMILES string of the molecule is [O-][n+]1nc(Nc2ccc(N3CCNCC3)cc2)nc2cc(-c3cc4ccccc4o3)ccc21. The van der Waals surface area contributed by atoms with Crippen molar-refractivity contribution >= 4 is 39.3 Å². The minimum Gasteiger partial charge on any atom is -0.594 e. The fraction of sp³-hybridized carbons (Fsp3) is 0.160. The first-order valence-corrected chi connectivity index (χ1v) is 11.0. The van der Waals surface area contributed by atoms with Gasteiger partial charge in [0.15, 0.2) is 0 Å². The van der Waals surface area contributed by atoms with Crippen LogP contribution in [0.4, 0.5) is 17.3 Å². The maximum absolute atomic E-state index is 12.5. The summed E-state index contributed by atoms with van der Waals surface area (Å²) in [4.78, 5) is 7.52. The van der Waals surface area contributed by atoms with Crippen LogP contribution >= 0.6 is 0 Å². The third-order valence-electron chi connectivity index (χ3n) is 5.91. The van der Waals surface area contributed by atoms with Crippen LogP contribution in [-0.4, -0.2) is 36.3 Å². The summed E-state index contributed by atoms with van der Waals surface area (Å²) in [5.41, 5.74) is 4.61. The summed E-state index contributed by atoms with van der Waals surface area (Å²) in [5, 5.41) is 24.1. The first kappa shape index (κ1) is 19.5. The maximum atomic E-state index is 12.5. The summed E-state index contributed by atoms with van der Waals surface area (Å²) in [6.07, 6.45) is 0. The zero-order valence-corrected chi connectivity index (χ0v) is 17.9. The van der Waals surface area contributed by atoms with Gasteiger partial charge in [-0.25, -0.2) is 4.98 Å². The number of nitrogens with one attached hydrogen (secondary N) is 2. The summed E-state index contributed by atoms with van der Waals surface area (Å²) in [5.74, 6) is 0.973. The number of rotatable bonds is 4. The molecular formula is C25H22N6O2. The topological polar surface area (TPSA) is 93.2 Å². The van der Waals surface area contributed by atoms with Crippen LogP contribution in [0, 0.1) is 5.21 Å². The molecule has 2 aromatic heterocycles. The molecule has 1 aliphatic heterocycles. The summed E-state index contributed by atoms with van der Waals surface area (Å²) in [6, 6.07) is 23.4. The number of hydrogen-bond acceptors (Lipinski definition) is 7. The lowest BCUT2D eigenvalue weighted by Gasteiger charge is -2.29. The van der Waals surface area contributed by atoms with Gasteiger partial charge in [0.25, 0.3) is 11.5 Å². The van der Waals surface area contributed by atoms with Crippen molar-refractivity contribution in [2.24, 2.45) is 0 Å². The highest BCUT2D eigenvalue weighted by molar-refractivity contribution is 5.85. The molecule has 0 radical (unpaired) electrons. The molecule has 8 heteroatoms. The van der Waals surface area contributed by atoms with Crippen LogP contribution in [0.3, 0.4) is 0 Å². The molecule has 0 unspecified atom stereocenters. The van der Waals surface area contributed by atoms with E-state index in [1.807, 2.05) is 54.6 Å². The lowest BCUT2D eigenvalue weighted by Crippen LogP contribution is -2.43. The van der Waals surface area contributed by atoms with Gasteiger partial charge in [-0.1, -0.05) is 18.2 Å². The molecule has 1 aliphatic rings. The molecule has 3 heterocycles. The number of para-hydroxylation sites is 1. The second kappa shape index (κ2) is 8.07. The van der Waals surface area contributed by atoms with E-state index in [2.05, 4.69) is 37.7 Å². The molecule has 2 N–H and O–H groups in total. The van der Waals surface area contributed by atoms with Crippen LogP contribution in [0.15, 0.2) is 77.2 Å². The standard InChI is InChI=1S/C25H22N6O2/c32-31-22-10-5-18(24-16-17-3-1-2-4-23(17)33-24)15-21(22)28-25(29-31)27-19-6-8-20(9-7-19)30-13-11-26-12-14-30/h1-10,15-16,26H,11-14H2,(H,27,28,29). The van der Waals surface area contributed by atoms with Crippen molar-refractivity contribution in [3.8, 4) is 11.3 Å². The molecule has 33 heavy (non-hydrogen) atoms. The molecule has 1 fully saturated rings. The second-order valence-corrected chi connectivity index (χ2v) is 8.07. The molecular weight excluding hydrogens is 416 g/mol. The number of aromatic nitrogens is 3. The van der Waals surface area contributed by atoms with Gasteiger partial charge in [-0.15, -0.1) is 0 Å². The lowest BCUT2D eigenvalue weighted by molar-refractivity contribution is -0.641. The Morgan fingerprint density at radius 1 is 0.970 bits per heavy atom. The predicted octanol–water partition coefficient (Wildman–Crippen LogP) is 3.83. The van der Waals surface area contributed by atoms with E-state index >= 15 is 0 Å². The smallest absolute Gasteiger partial charge is 0.295 e. The van der Waals surface area contributed by atoms with Crippen molar-refractivity contribution in [2.75, 3.05) is 36.4 Å². The van der Waals surface area contributed by atoms with Gasteiger partial charge < -0.3 is 25.2 Å². The van der Waals surface area contributed by atoms with Crippen LogP contribution < -0.4 is 20.4 Å². The van der Waals surface area contributed by atoms with E-state index in [4.69, 9.17) is 4.42 Å². The summed E-state index contributed by atoms with van der Waals surface area (Å²) < 4.78 is 5.97. The summed E-state index contributed by atoms with van der Waals surface area (Å²) >= 11 is 0. The van der Waals surface area contributed by atoms with Crippen molar-refractivity contribution in [1.29, 1.82) is 0 Å². The molecule has 8 nitrogen and oxygen atoms in total. The van der Waals surface area contributed by atoms with E-state index in [1.165, 1.54) is 5.69 Å². The number of nitrogens with zero attached hydrogens (tertiary/aromatic N) is 4. The number of hydrogen-bond donors (Lipinski definition) is 2. The van der Waals surface area contributed by atoms with Gasteiger partial charge in [0.05, 0.1) is 5.10 Å². The first-order valence-electron chi connectivity index (χ1n) is 11.0. The van der Waals surface area contributed by atoms with Crippen LogP contribution in [0.2, 0.25) is 0 Å². The molecule has 0 atom stereocenters. The molecule has 0 spiro atoms. The maximum Gasteiger partial charge on any atom is 0.295 e. The minimum absolute atomic E-state index is 0.245. The van der Waals surface area contributed by atoms with Gasteiger partial charge in [0.2, 0.25) is 0 Å². The highest BCUT2D eigenvalue weighted by atomic mass is 16.5. The van der Waals surface area contributed by atoms with Crippen molar-refractivity contribution in [3.05, 3.63) is 78.0 Å². The third-order valence-corrected chi connectivity index (χ3v) is 5.91.